The molecule has 190 valence electrons. The summed E-state index contributed by atoms with van der Waals surface area (Å²) in [7, 11) is 0. The van der Waals surface area contributed by atoms with Crippen molar-refractivity contribution in [3.63, 3.8) is 0 Å². The van der Waals surface area contributed by atoms with Crippen molar-refractivity contribution in [1.82, 2.24) is 4.90 Å². The van der Waals surface area contributed by atoms with Gasteiger partial charge in [0.25, 0.3) is 11.1 Å². The van der Waals surface area contributed by atoms with Gasteiger partial charge >= 0.3 is 0 Å². The molecule has 1 aliphatic heterocycles. The number of anilines is 1. The number of hydrogen-bond donors (Lipinski definition) is 1. The van der Waals surface area contributed by atoms with Crippen LogP contribution in [0.2, 0.25) is 0 Å². The number of nitrogens with one attached hydrogen (secondary N) is 1. The van der Waals surface area contributed by atoms with Crippen LogP contribution in [-0.2, 0) is 16.2 Å². The highest BCUT2D eigenvalue weighted by Gasteiger charge is 2.36. The van der Waals surface area contributed by atoms with Crippen LogP contribution in [0.5, 0.6) is 11.5 Å². The third-order valence-electron chi connectivity index (χ3n) is 5.18. The molecule has 0 aromatic heterocycles. The van der Waals surface area contributed by atoms with Gasteiger partial charge in [0, 0.05) is 4.47 Å². The van der Waals surface area contributed by atoms with Gasteiger partial charge in [-0.05, 0) is 92.0 Å². The molecule has 0 spiro atoms. The largest absolute Gasteiger partial charge is 0.490 e. The molecule has 3 amide bonds. The average molecular weight is 646 g/mol. The lowest BCUT2D eigenvalue weighted by Crippen LogP contribution is -2.36. The van der Waals surface area contributed by atoms with E-state index in [0.717, 1.165) is 22.2 Å². The monoisotopic (exact) mass is 644 g/mol. The quantitative estimate of drug-likeness (QED) is 0.256. The average Bonchev–Trinajstić information content (AvgIpc) is 3.13. The van der Waals surface area contributed by atoms with Crippen LogP contribution in [0.4, 0.5) is 10.5 Å². The number of amides is 3. The standard InChI is InChI=1S/C27H22Br2N2O5S/c1-2-35-22-13-18(12-20(29)25(22)36-16-17-8-4-3-5-9-17)14-23-26(33)31(27(34)37-23)15-24(32)30-21-11-7-6-10-19(21)28/h3-14H,2,15-16H2,1H3,(H,30,32)/b23-14+. The van der Waals surface area contributed by atoms with Gasteiger partial charge < -0.3 is 14.8 Å². The molecule has 1 fully saturated rings. The van der Waals surface area contributed by atoms with Crippen LogP contribution < -0.4 is 14.8 Å². The van der Waals surface area contributed by atoms with Crippen molar-refractivity contribution in [3.8, 4) is 11.5 Å². The Morgan fingerprint density at radius 3 is 2.46 bits per heavy atom. The number of hydrogen-bond acceptors (Lipinski definition) is 6. The number of imide groups is 1. The molecule has 3 aromatic carbocycles. The van der Waals surface area contributed by atoms with Crippen LogP contribution >= 0.6 is 43.6 Å². The second-order valence-electron chi connectivity index (χ2n) is 7.83. The Bertz CT molecular complexity index is 1360. The molecule has 1 heterocycles. The summed E-state index contributed by atoms with van der Waals surface area (Å²) in [4.78, 5) is 39.1. The molecule has 0 bridgehead atoms. The van der Waals surface area contributed by atoms with Crippen molar-refractivity contribution < 1.29 is 23.9 Å². The number of para-hydroxylation sites is 1. The number of thioether (sulfide) groups is 1. The number of ether oxygens (including phenoxy) is 2. The van der Waals surface area contributed by atoms with Crippen LogP contribution in [0.15, 0.2) is 80.6 Å². The number of halogens is 2. The first-order valence-electron chi connectivity index (χ1n) is 11.3. The highest BCUT2D eigenvalue weighted by atomic mass is 79.9. The Morgan fingerprint density at radius 2 is 1.73 bits per heavy atom. The van der Waals surface area contributed by atoms with Crippen LogP contribution in [0.1, 0.15) is 18.1 Å². The lowest BCUT2D eigenvalue weighted by molar-refractivity contribution is -0.127. The van der Waals surface area contributed by atoms with Crippen LogP contribution in [0.25, 0.3) is 6.08 Å². The molecule has 4 rings (SSSR count). The number of rotatable bonds is 9. The number of carbonyl (C=O) groups is 3. The maximum absolute atomic E-state index is 13.0. The minimum atomic E-state index is -0.532. The van der Waals surface area contributed by atoms with Gasteiger partial charge in [-0.3, -0.25) is 19.3 Å². The van der Waals surface area contributed by atoms with Gasteiger partial charge in [-0.25, -0.2) is 0 Å². The fourth-order valence-corrected chi connectivity index (χ4v) is 5.28. The zero-order chi connectivity index (χ0) is 26.4. The molecule has 0 saturated carbocycles. The van der Waals surface area contributed by atoms with Gasteiger partial charge in [0.05, 0.1) is 21.7 Å². The summed E-state index contributed by atoms with van der Waals surface area (Å²) in [6, 6.07) is 20.4. The predicted molar refractivity (Wildman–Crippen MR) is 152 cm³/mol. The van der Waals surface area contributed by atoms with E-state index in [-0.39, 0.29) is 11.4 Å². The molecular formula is C27H22Br2N2O5S. The fourth-order valence-electron chi connectivity index (χ4n) is 3.49. The number of benzene rings is 3. The van der Waals surface area contributed by atoms with Crippen molar-refractivity contribution in [2.45, 2.75) is 13.5 Å². The molecule has 0 aliphatic carbocycles. The zero-order valence-corrected chi connectivity index (χ0v) is 23.7. The summed E-state index contributed by atoms with van der Waals surface area (Å²) in [5.41, 5.74) is 2.21. The van der Waals surface area contributed by atoms with Gasteiger partial charge in [-0.15, -0.1) is 0 Å². The minimum Gasteiger partial charge on any atom is -0.490 e. The van der Waals surface area contributed by atoms with Crippen molar-refractivity contribution >= 4 is 72.4 Å². The van der Waals surface area contributed by atoms with E-state index in [0.29, 0.717) is 44.9 Å². The van der Waals surface area contributed by atoms with Crippen molar-refractivity contribution in [1.29, 1.82) is 0 Å². The normalized spacial score (nSPS) is 14.2. The fraction of sp³-hybridized carbons (Fsp3) is 0.148. The molecular weight excluding hydrogens is 624 g/mol. The van der Waals surface area contributed by atoms with Crippen LogP contribution in [0.3, 0.4) is 0 Å². The van der Waals surface area contributed by atoms with Gasteiger partial charge in [0.2, 0.25) is 5.91 Å². The van der Waals surface area contributed by atoms with Gasteiger partial charge in [0.15, 0.2) is 11.5 Å². The van der Waals surface area contributed by atoms with Gasteiger partial charge in [-0.2, -0.15) is 0 Å². The first-order valence-corrected chi connectivity index (χ1v) is 13.7. The van der Waals surface area contributed by atoms with Crippen molar-refractivity contribution in [3.05, 3.63) is 91.7 Å². The molecule has 37 heavy (non-hydrogen) atoms. The zero-order valence-electron chi connectivity index (χ0n) is 19.7. The number of carbonyl (C=O) groups excluding carboxylic acids is 3. The maximum Gasteiger partial charge on any atom is 0.294 e. The second-order valence-corrected chi connectivity index (χ2v) is 10.5. The van der Waals surface area contributed by atoms with E-state index in [1.54, 1.807) is 36.4 Å². The second kappa shape index (κ2) is 12.4. The molecule has 0 radical (unpaired) electrons. The SMILES string of the molecule is CCOc1cc(/C=C2/SC(=O)N(CC(=O)Nc3ccccc3Br)C2=O)cc(Br)c1OCc1ccccc1. The third kappa shape index (κ3) is 6.82. The summed E-state index contributed by atoms with van der Waals surface area (Å²) >= 11 is 7.69. The summed E-state index contributed by atoms with van der Waals surface area (Å²) in [5.74, 6) is 0.0401. The molecule has 7 nitrogen and oxygen atoms in total. The summed E-state index contributed by atoms with van der Waals surface area (Å²) < 4.78 is 13.1. The minimum absolute atomic E-state index is 0.214. The summed E-state index contributed by atoms with van der Waals surface area (Å²) in [5, 5.41) is 2.20. The highest BCUT2D eigenvalue weighted by molar-refractivity contribution is 9.11. The molecule has 10 heteroatoms. The first kappa shape index (κ1) is 27.0. The maximum atomic E-state index is 13.0. The molecule has 1 N–H and O–H groups in total. The van der Waals surface area contributed by atoms with Crippen molar-refractivity contribution in [2.75, 3.05) is 18.5 Å². The topological polar surface area (TPSA) is 84.9 Å². The molecule has 3 aromatic rings. The Kier molecular flexibility index (Phi) is 9.07. The first-order chi connectivity index (χ1) is 17.9. The van der Waals surface area contributed by atoms with Gasteiger partial charge in [0.1, 0.15) is 13.2 Å². The van der Waals surface area contributed by atoms with E-state index in [2.05, 4.69) is 37.2 Å². The Morgan fingerprint density at radius 1 is 1.00 bits per heavy atom. The lowest BCUT2D eigenvalue weighted by atomic mass is 10.1. The summed E-state index contributed by atoms with van der Waals surface area (Å²) in [6.07, 6.45) is 1.60. The molecule has 1 saturated heterocycles. The lowest BCUT2D eigenvalue weighted by Gasteiger charge is -2.15. The van der Waals surface area contributed by atoms with Gasteiger partial charge in [-0.1, -0.05) is 42.5 Å². The predicted octanol–water partition coefficient (Wildman–Crippen LogP) is 6.86. The smallest absolute Gasteiger partial charge is 0.294 e. The van der Waals surface area contributed by atoms with E-state index in [4.69, 9.17) is 9.47 Å². The molecule has 0 unspecified atom stereocenters. The van der Waals surface area contributed by atoms with E-state index >= 15 is 0 Å². The van der Waals surface area contributed by atoms with E-state index < -0.39 is 17.1 Å². The van der Waals surface area contributed by atoms with E-state index in [1.807, 2.05) is 43.3 Å². The Hall–Kier alpha value is -3.08. The number of nitrogens with zero attached hydrogens (tertiary/aromatic N) is 1. The Balaban J connectivity index is 1.49. The summed E-state index contributed by atoms with van der Waals surface area (Å²) in [6.45, 7) is 2.26. The van der Waals surface area contributed by atoms with Crippen molar-refractivity contribution in [2.24, 2.45) is 0 Å². The van der Waals surface area contributed by atoms with Crippen LogP contribution in [0, 0.1) is 0 Å². The highest BCUT2D eigenvalue weighted by Crippen LogP contribution is 2.39. The van der Waals surface area contributed by atoms with E-state index in [9.17, 15) is 14.4 Å². The Labute approximate surface area is 235 Å². The molecule has 0 atom stereocenters. The molecule has 1 aliphatic rings. The van der Waals surface area contributed by atoms with E-state index in [1.165, 1.54) is 0 Å². The van der Waals surface area contributed by atoms with Crippen LogP contribution in [-0.4, -0.2) is 35.1 Å². The third-order valence-corrected chi connectivity index (χ3v) is 7.37.